The number of nitrogens with one attached hydrogen (secondary N) is 1. The number of hydrogen-bond acceptors (Lipinski definition) is 5. The number of aliphatic hydroxyl groups is 1. The Morgan fingerprint density at radius 1 is 1.40 bits per heavy atom. The van der Waals surface area contributed by atoms with Gasteiger partial charge < -0.3 is 10.4 Å². The molecule has 0 spiro atoms. The number of para-hydroxylation sites is 1. The maximum absolute atomic E-state index is 11.0. The summed E-state index contributed by atoms with van der Waals surface area (Å²) >= 11 is 0. The number of aromatic nitrogens is 1. The zero-order chi connectivity index (χ0) is 14.2. The van der Waals surface area contributed by atoms with Crippen LogP contribution in [-0.4, -0.2) is 28.2 Å². The summed E-state index contributed by atoms with van der Waals surface area (Å²) in [5.74, 6) is 0. The molecule has 6 nitrogen and oxygen atoms in total. The first-order valence-corrected chi connectivity index (χ1v) is 6.52. The average Bonchev–Trinajstić information content (AvgIpc) is 3.25. The Labute approximate surface area is 115 Å². The van der Waals surface area contributed by atoms with Crippen molar-refractivity contribution in [3.63, 3.8) is 0 Å². The first-order chi connectivity index (χ1) is 9.65. The van der Waals surface area contributed by atoms with Gasteiger partial charge in [0.15, 0.2) is 0 Å². The monoisotopic (exact) mass is 273 g/mol. The Morgan fingerprint density at radius 2 is 2.20 bits per heavy atom. The zero-order valence-electron chi connectivity index (χ0n) is 10.9. The number of aliphatic hydroxyl groups excluding tert-OH is 1. The van der Waals surface area contributed by atoms with E-state index in [0.29, 0.717) is 12.1 Å². The largest absolute Gasteiger partial charge is 0.396 e. The molecule has 20 heavy (non-hydrogen) atoms. The van der Waals surface area contributed by atoms with Crippen LogP contribution in [0.3, 0.4) is 0 Å². The van der Waals surface area contributed by atoms with Crippen LogP contribution in [0.5, 0.6) is 0 Å². The lowest BCUT2D eigenvalue weighted by atomic mass is 10.1. The summed E-state index contributed by atoms with van der Waals surface area (Å²) in [5, 5.41) is 24.4. The predicted molar refractivity (Wildman–Crippen MR) is 75.6 cm³/mol. The van der Waals surface area contributed by atoms with E-state index in [2.05, 4.69) is 10.3 Å². The number of hydrogen-bond donors (Lipinski definition) is 2. The van der Waals surface area contributed by atoms with E-state index in [4.69, 9.17) is 0 Å². The summed E-state index contributed by atoms with van der Waals surface area (Å²) in [5.41, 5.74) is 1.19. The molecule has 0 amide bonds. The normalized spacial score (nSPS) is 16.1. The fourth-order valence-electron chi connectivity index (χ4n) is 2.31. The Hall–Kier alpha value is -2.21. The van der Waals surface area contributed by atoms with E-state index in [1.54, 1.807) is 18.3 Å². The third kappa shape index (κ3) is 2.18. The lowest BCUT2D eigenvalue weighted by Crippen LogP contribution is -2.19. The molecule has 1 fully saturated rings. The second kappa shape index (κ2) is 4.72. The molecule has 6 heteroatoms. The highest BCUT2D eigenvalue weighted by atomic mass is 16.6. The molecule has 0 aliphatic heterocycles. The van der Waals surface area contributed by atoms with Gasteiger partial charge in [-0.1, -0.05) is 12.1 Å². The number of nitro benzene ring substituents is 1. The van der Waals surface area contributed by atoms with Gasteiger partial charge in [0.05, 0.1) is 11.5 Å². The first kappa shape index (κ1) is 12.8. The highest BCUT2D eigenvalue weighted by molar-refractivity contribution is 5.96. The summed E-state index contributed by atoms with van der Waals surface area (Å²) < 4.78 is 0. The van der Waals surface area contributed by atoms with Gasteiger partial charge in [-0.2, -0.15) is 0 Å². The zero-order valence-corrected chi connectivity index (χ0v) is 10.9. The first-order valence-electron chi connectivity index (χ1n) is 6.52. The smallest absolute Gasteiger partial charge is 0.295 e. The Morgan fingerprint density at radius 3 is 2.85 bits per heavy atom. The topological polar surface area (TPSA) is 88.3 Å². The molecule has 0 atom stereocenters. The van der Waals surface area contributed by atoms with Gasteiger partial charge in [-0.3, -0.25) is 10.1 Å². The van der Waals surface area contributed by atoms with Crippen molar-refractivity contribution in [2.45, 2.75) is 12.8 Å². The number of pyridine rings is 1. The van der Waals surface area contributed by atoms with Gasteiger partial charge in [0.2, 0.25) is 0 Å². The fourth-order valence-corrected chi connectivity index (χ4v) is 2.31. The molecule has 0 radical (unpaired) electrons. The maximum Gasteiger partial charge on any atom is 0.295 e. The van der Waals surface area contributed by atoms with Gasteiger partial charge in [-0.05, 0) is 18.9 Å². The van der Waals surface area contributed by atoms with Crippen LogP contribution < -0.4 is 5.32 Å². The number of non-ortho nitro benzene ring substituents is 1. The van der Waals surface area contributed by atoms with E-state index in [1.807, 2.05) is 6.07 Å². The number of anilines is 1. The number of fused-ring (bicyclic) bond motifs is 1. The predicted octanol–water partition coefficient (Wildman–Crippen LogP) is 2.33. The van der Waals surface area contributed by atoms with Crippen LogP contribution in [0, 0.1) is 15.5 Å². The van der Waals surface area contributed by atoms with E-state index < -0.39 is 4.92 Å². The summed E-state index contributed by atoms with van der Waals surface area (Å²) in [6.07, 6.45) is 3.59. The minimum absolute atomic E-state index is 0.00874. The minimum Gasteiger partial charge on any atom is -0.396 e. The van der Waals surface area contributed by atoms with Crippen molar-refractivity contribution in [3.8, 4) is 0 Å². The molecule has 2 aromatic rings. The molecule has 1 aliphatic rings. The molecule has 1 aliphatic carbocycles. The lowest BCUT2D eigenvalue weighted by Gasteiger charge is -2.15. The van der Waals surface area contributed by atoms with Gasteiger partial charge >= 0.3 is 0 Å². The van der Waals surface area contributed by atoms with Crippen molar-refractivity contribution >= 4 is 22.3 Å². The number of nitrogens with zero attached hydrogens (tertiary/aromatic N) is 2. The van der Waals surface area contributed by atoms with Crippen molar-refractivity contribution in [2.24, 2.45) is 5.41 Å². The number of rotatable bonds is 5. The summed E-state index contributed by atoms with van der Waals surface area (Å²) in [6.45, 7) is 0.842. The van der Waals surface area contributed by atoms with Gasteiger partial charge in [0.1, 0.15) is 5.52 Å². The molecule has 0 saturated heterocycles. The van der Waals surface area contributed by atoms with Crippen molar-refractivity contribution in [2.75, 3.05) is 18.5 Å². The van der Waals surface area contributed by atoms with E-state index in [9.17, 15) is 15.2 Å². The van der Waals surface area contributed by atoms with Crippen LogP contribution in [0.2, 0.25) is 0 Å². The molecular weight excluding hydrogens is 258 g/mol. The van der Waals surface area contributed by atoms with Crippen molar-refractivity contribution < 1.29 is 10.0 Å². The second-order valence-corrected chi connectivity index (χ2v) is 5.30. The fraction of sp³-hybridized carbons (Fsp3) is 0.357. The molecule has 104 valence electrons. The SMILES string of the molecule is O=[N+]([O-])c1cccc2c(NCC3(CO)CC3)ccnc12. The van der Waals surface area contributed by atoms with Gasteiger partial charge in [0, 0.05) is 35.3 Å². The maximum atomic E-state index is 11.0. The molecule has 3 rings (SSSR count). The van der Waals surface area contributed by atoms with E-state index in [1.165, 1.54) is 6.07 Å². The Balaban J connectivity index is 1.95. The van der Waals surface area contributed by atoms with Crippen LogP contribution in [0.1, 0.15) is 12.8 Å². The summed E-state index contributed by atoms with van der Waals surface area (Å²) in [4.78, 5) is 14.7. The minimum atomic E-state index is -0.421. The standard InChI is InChI=1S/C14H15N3O3/c18-9-14(5-6-14)8-16-11-4-7-15-13-10(11)2-1-3-12(13)17(19)20/h1-4,7,18H,5-6,8-9H2,(H,15,16). The van der Waals surface area contributed by atoms with E-state index in [-0.39, 0.29) is 17.7 Å². The van der Waals surface area contributed by atoms with Crippen molar-refractivity contribution in [1.29, 1.82) is 0 Å². The molecule has 1 aromatic heterocycles. The molecule has 0 unspecified atom stereocenters. The molecule has 1 aromatic carbocycles. The highest BCUT2D eigenvalue weighted by Gasteiger charge is 2.41. The van der Waals surface area contributed by atoms with E-state index >= 15 is 0 Å². The third-order valence-electron chi connectivity index (χ3n) is 3.89. The van der Waals surface area contributed by atoms with Crippen LogP contribution in [0.4, 0.5) is 11.4 Å². The van der Waals surface area contributed by atoms with Crippen molar-refractivity contribution in [1.82, 2.24) is 4.98 Å². The van der Waals surface area contributed by atoms with Gasteiger partial charge in [-0.25, -0.2) is 4.98 Å². The van der Waals surface area contributed by atoms with Gasteiger partial charge in [-0.15, -0.1) is 0 Å². The van der Waals surface area contributed by atoms with Crippen LogP contribution in [0.25, 0.3) is 10.9 Å². The van der Waals surface area contributed by atoms with Gasteiger partial charge in [0.25, 0.3) is 5.69 Å². The quantitative estimate of drug-likeness (QED) is 0.644. The summed E-state index contributed by atoms with van der Waals surface area (Å²) in [7, 11) is 0. The molecule has 1 heterocycles. The van der Waals surface area contributed by atoms with Crippen LogP contribution in [-0.2, 0) is 0 Å². The molecule has 0 bridgehead atoms. The van der Waals surface area contributed by atoms with Crippen molar-refractivity contribution in [3.05, 3.63) is 40.6 Å². The van der Waals surface area contributed by atoms with Crippen LogP contribution >= 0.6 is 0 Å². The number of benzene rings is 1. The Kier molecular flexibility index (Phi) is 3.02. The highest BCUT2D eigenvalue weighted by Crippen LogP contribution is 2.45. The second-order valence-electron chi connectivity index (χ2n) is 5.30. The van der Waals surface area contributed by atoms with Crippen LogP contribution in [0.15, 0.2) is 30.5 Å². The summed E-state index contributed by atoms with van der Waals surface area (Å²) in [6, 6.07) is 6.73. The Bertz CT molecular complexity index is 668. The molecule has 1 saturated carbocycles. The lowest BCUT2D eigenvalue weighted by molar-refractivity contribution is -0.383. The third-order valence-corrected chi connectivity index (χ3v) is 3.89. The average molecular weight is 273 g/mol. The number of nitro groups is 1. The van der Waals surface area contributed by atoms with E-state index in [0.717, 1.165) is 23.9 Å². The molecule has 2 N–H and O–H groups in total. The molecular formula is C14H15N3O3.